The fourth-order valence-corrected chi connectivity index (χ4v) is 15.5. The molecule has 4 aliphatic rings. The number of rotatable bonds is 36. The number of nitrogens with one attached hydrogen (secondary N) is 3. The summed E-state index contributed by atoms with van der Waals surface area (Å²) in [5.74, 6) is -3.42. The maximum Gasteiger partial charge on any atom is 0.490 e. The molecule has 6 atom stereocenters. The van der Waals surface area contributed by atoms with E-state index in [1.807, 2.05) is 42.2 Å². The number of carboxylic acid groups (broad SMARTS) is 1. The van der Waals surface area contributed by atoms with Crippen molar-refractivity contribution in [2.24, 2.45) is 0 Å². The predicted molar refractivity (Wildman–Crippen MR) is 360 cm³/mol. The highest BCUT2D eigenvalue weighted by molar-refractivity contribution is 7.86. The van der Waals surface area contributed by atoms with Crippen molar-refractivity contribution in [2.45, 2.75) is 69.7 Å². The van der Waals surface area contributed by atoms with Crippen molar-refractivity contribution in [2.75, 3.05) is 116 Å². The lowest BCUT2D eigenvalue weighted by atomic mass is 9.83. The van der Waals surface area contributed by atoms with Crippen molar-refractivity contribution in [3.63, 3.8) is 0 Å². The van der Waals surface area contributed by atoms with Crippen molar-refractivity contribution in [1.82, 2.24) is 24.8 Å². The number of hydrogen-bond donors (Lipinski definition) is 12. The Labute approximate surface area is 582 Å². The Bertz CT molecular complexity index is 4630. The van der Waals surface area contributed by atoms with Gasteiger partial charge in [0.2, 0.25) is 11.3 Å². The van der Waals surface area contributed by atoms with Crippen LogP contribution in [0.2, 0.25) is 0 Å². The lowest BCUT2D eigenvalue weighted by molar-refractivity contribution is -0.122. The maximum atomic E-state index is 13.6. The van der Waals surface area contributed by atoms with Gasteiger partial charge in [-0.15, -0.1) is 0 Å². The molecule has 2 unspecified atom stereocenters. The van der Waals surface area contributed by atoms with E-state index in [1.165, 1.54) is 30.4 Å². The van der Waals surface area contributed by atoms with Gasteiger partial charge in [-0.05, 0) is 60.9 Å². The highest BCUT2D eigenvalue weighted by Gasteiger charge is 2.47. The Morgan fingerprint density at radius 3 is 1.92 bits per heavy atom. The van der Waals surface area contributed by atoms with Gasteiger partial charge in [0.15, 0.2) is 11.8 Å². The molecule has 1 aromatic heterocycles. The number of aliphatic hydroxyl groups is 2. The molecular formula is C60H78N6O31P3S2+. The summed E-state index contributed by atoms with van der Waals surface area (Å²) in [7, 11) is -22.7. The third-order valence-corrected chi connectivity index (χ3v) is 21.4. The van der Waals surface area contributed by atoms with E-state index < -0.39 is 126 Å². The van der Waals surface area contributed by atoms with Gasteiger partial charge in [0.1, 0.15) is 48.4 Å². The minimum absolute atomic E-state index is 0.00943. The normalized spacial score (nSPS) is 19.7. The number of H-pyrrole nitrogens is 1. The third kappa shape index (κ3) is 21.4. The van der Waals surface area contributed by atoms with E-state index in [4.69, 9.17) is 42.9 Å². The van der Waals surface area contributed by atoms with Crippen LogP contribution in [0.4, 0.5) is 5.69 Å². The first kappa shape index (κ1) is 80.8. The molecule has 2 amide bonds. The summed E-state index contributed by atoms with van der Waals surface area (Å²) in [4.78, 5) is 105. The Morgan fingerprint density at radius 1 is 0.725 bits per heavy atom. The largest absolute Gasteiger partial charge is 0.490 e. The van der Waals surface area contributed by atoms with Crippen LogP contribution in [0.3, 0.4) is 0 Å². The number of nitrogens with zero attached hydrogens (tertiary/aromatic N) is 3. The number of carbonyl (C=O) groups is 3. The minimum atomic E-state index is -5.87. The zero-order chi connectivity index (χ0) is 75.1. The second kappa shape index (κ2) is 33.1. The molecule has 3 aromatic carbocycles. The zero-order valence-corrected chi connectivity index (χ0v) is 59.9. The minimum Gasteiger partial charge on any atom is -0.478 e. The average molecular weight is 1540 g/mol. The molecule has 0 spiro atoms. The number of aromatic carboxylic acids is 1. The van der Waals surface area contributed by atoms with Crippen molar-refractivity contribution < 1.29 is 135 Å². The standard InChI is InChI=1S/C60H77N6O31P3S2/c1-59(2)29-37(33-101(82,83)84)40-25-43-47(27-45(40)64(59)5)94-48-28-46-41(38(34-102(85,86)87)30-60(3,4)65(46)6)26-44(48)51(43)39-10-9-35(24-42(39)57(72)73)54(70)62-13-15-89-17-19-91-21-23-92-22-20-90-18-16-88-14-11-50(67)61-12-7-8-36-31-66(58(74)63-55(36)71)56-53(69)52(68)49(95-56)32-93-99(78,79)97-100(80,81)96-98(75,76)77/h7-10,24-31,49,52-53,56,68-69H,11-23,32-34H2,1-6H3,(H9-,61,62,63,67,70,71,72,73,74,75,76,77,78,79,80,81,82,83,84,85,86,87)/p+1/b8-7+/t49-,52-,53-,56-/m1/s1. The summed E-state index contributed by atoms with van der Waals surface area (Å²) in [6.07, 6.45) is -0.474. The maximum absolute atomic E-state index is 13.6. The number of hydrogen-bond acceptors (Lipinski definition) is 25. The predicted octanol–water partition coefficient (Wildman–Crippen LogP) is 0.267. The molecular weight excluding hydrogens is 1460 g/mol. The molecule has 102 heavy (non-hydrogen) atoms. The van der Waals surface area contributed by atoms with Crippen LogP contribution in [0, 0.1) is 0 Å². The van der Waals surface area contributed by atoms with Crippen LogP contribution < -0.4 is 46.7 Å². The van der Waals surface area contributed by atoms with Gasteiger partial charge in [-0.3, -0.25) is 37.6 Å². The van der Waals surface area contributed by atoms with E-state index in [9.17, 15) is 88.7 Å². The van der Waals surface area contributed by atoms with E-state index in [0.717, 1.165) is 6.20 Å². The molecule has 0 radical (unpaired) electrons. The first-order valence-corrected chi connectivity index (χ1v) is 38.7. The summed E-state index contributed by atoms with van der Waals surface area (Å²) in [6.45, 7) is 7.96. The number of benzene rings is 3. The van der Waals surface area contributed by atoms with Gasteiger partial charge in [0.25, 0.3) is 31.7 Å². The topological polar surface area (TPSA) is 530 Å². The number of phosphoric acid groups is 3. The Kier molecular flexibility index (Phi) is 26.2. The van der Waals surface area contributed by atoms with Gasteiger partial charge in [-0.2, -0.15) is 25.5 Å². The molecule has 1 saturated heterocycles. The quantitative estimate of drug-likeness (QED) is 0.0111. The molecule has 0 saturated carbocycles. The average Bonchev–Trinajstić information content (AvgIpc) is 0.841. The van der Waals surface area contributed by atoms with Crippen LogP contribution in [0.15, 0.2) is 76.5 Å². The first-order chi connectivity index (χ1) is 47.5. The number of aliphatic hydroxyl groups excluding tert-OH is 2. The molecule has 4 aliphatic heterocycles. The third-order valence-electron chi connectivity index (χ3n) is 16.2. The van der Waals surface area contributed by atoms with E-state index in [1.54, 1.807) is 50.5 Å². The summed E-state index contributed by atoms with van der Waals surface area (Å²) < 4.78 is 158. The second-order valence-electron chi connectivity index (χ2n) is 24.4. The number of anilines is 1. The van der Waals surface area contributed by atoms with E-state index in [-0.39, 0.29) is 136 Å². The van der Waals surface area contributed by atoms with Gasteiger partial charge in [0.05, 0.1) is 101 Å². The molecule has 12 N–H and O–H groups in total. The van der Waals surface area contributed by atoms with E-state index in [0.29, 0.717) is 37.5 Å². The highest BCUT2D eigenvalue weighted by Crippen LogP contribution is 2.66. The van der Waals surface area contributed by atoms with Gasteiger partial charge < -0.3 is 83.6 Å². The fraction of sp³-hybridized carbons (Fsp3) is 0.467. The zero-order valence-electron chi connectivity index (χ0n) is 55.6. The fourth-order valence-electron chi connectivity index (χ4n) is 11.2. The molecule has 8 rings (SSSR count). The van der Waals surface area contributed by atoms with Crippen LogP contribution in [0.5, 0.6) is 11.5 Å². The molecule has 0 aliphatic carbocycles. The summed E-state index contributed by atoms with van der Waals surface area (Å²) in [5, 5.41) is 38.0. The Hall–Kier alpha value is -6.85. The van der Waals surface area contributed by atoms with Crippen molar-refractivity contribution in [3.8, 4) is 11.5 Å². The number of carboxylic acids is 1. The number of amides is 2. The van der Waals surface area contributed by atoms with Crippen LogP contribution in [-0.2, 0) is 80.3 Å². The van der Waals surface area contributed by atoms with E-state index in [2.05, 4.69) is 23.8 Å². The number of fused-ring (bicyclic) bond motifs is 4. The SMILES string of the molecule is CN1c2cc3c(cc2C(CS(=O)(=O)O)=CC1(C)C)C(c1ccc(C(=O)NCCOCCOCCOCCOCCOCCC(=O)NC/C=C/c2cn([C@@H]4O[C@H](COP(=O)(O)OP(=O)(O)OP(=O)(O)O)[C@@H](O)[C@H]4O)c(=O)[nH]c2=O)cc1C(=O)O)=c1cc2c(cc1O3)=[N+](C)C(C)(C)C=C2CS(=O)(=O)O. The Morgan fingerprint density at radius 2 is 1.32 bits per heavy atom. The highest BCUT2D eigenvalue weighted by atomic mass is 32.2. The van der Waals surface area contributed by atoms with Crippen LogP contribution in [0.25, 0.3) is 22.8 Å². The molecule has 5 heterocycles. The molecule has 1 fully saturated rings. The van der Waals surface area contributed by atoms with E-state index >= 15 is 0 Å². The number of aromatic amines is 1. The first-order valence-electron chi connectivity index (χ1n) is 30.9. The monoisotopic (exact) mass is 1540 g/mol. The number of phosphoric ester groups is 1. The number of carbonyl (C=O) groups excluding carboxylic acids is 2. The molecule has 37 nitrogen and oxygen atoms in total. The van der Waals surface area contributed by atoms with Crippen LogP contribution in [0.1, 0.15) is 88.9 Å². The van der Waals surface area contributed by atoms with Crippen molar-refractivity contribution in [3.05, 3.63) is 137 Å². The number of likely N-dealkylation sites (N-methyl/N-ethyl adjacent to an activating group) is 2. The lowest BCUT2D eigenvalue weighted by Gasteiger charge is -2.41. The molecule has 42 heteroatoms. The van der Waals surface area contributed by atoms with Gasteiger partial charge in [-0.1, -0.05) is 24.3 Å². The van der Waals surface area contributed by atoms with Gasteiger partial charge in [-0.25, -0.2) is 27.9 Å². The second-order valence-corrected chi connectivity index (χ2v) is 31.8. The number of ether oxygens (including phenoxy) is 7. The van der Waals surface area contributed by atoms with Crippen LogP contribution in [-0.4, -0.2) is 229 Å². The van der Waals surface area contributed by atoms with Gasteiger partial charge in [0, 0.05) is 85.8 Å². The molecule has 4 aromatic rings. The molecule has 560 valence electrons. The van der Waals surface area contributed by atoms with Crippen LogP contribution >= 0.6 is 23.5 Å². The summed E-state index contributed by atoms with van der Waals surface area (Å²) in [6, 6.07) is 10.8. The number of aromatic nitrogens is 2. The molecule has 0 bridgehead atoms. The summed E-state index contributed by atoms with van der Waals surface area (Å²) >= 11 is 0. The van der Waals surface area contributed by atoms with Gasteiger partial charge >= 0.3 is 35.1 Å². The van der Waals surface area contributed by atoms with Crippen molar-refractivity contribution >= 4 is 90.0 Å². The summed E-state index contributed by atoms with van der Waals surface area (Å²) in [5.41, 5.74) is -1.44. The van der Waals surface area contributed by atoms with Crippen molar-refractivity contribution in [1.29, 1.82) is 0 Å². The Balaban J connectivity index is 0.739. The lowest BCUT2D eigenvalue weighted by Crippen LogP contribution is -2.47. The smallest absolute Gasteiger partial charge is 0.478 e.